The van der Waals surface area contributed by atoms with Crippen molar-refractivity contribution >= 4 is 23.2 Å². The predicted molar refractivity (Wildman–Crippen MR) is 87.6 cm³/mol. The Balaban J connectivity index is 1.78. The van der Waals surface area contributed by atoms with Gasteiger partial charge in [0.1, 0.15) is 5.82 Å². The average Bonchev–Trinajstić information content (AvgIpc) is 2.59. The van der Waals surface area contributed by atoms with Gasteiger partial charge in [-0.05, 0) is 54.2 Å². The molecule has 0 radical (unpaired) electrons. The zero-order valence-electron chi connectivity index (χ0n) is 12.0. The van der Waals surface area contributed by atoms with Crippen LogP contribution in [-0.2, 0) is 6.54 Å². The van der Waals surface area contributed by atoms with Gasteiger partial charge in [-0.15, -0.1) is 0 Å². The molecule has 0 heterocycles. The lowest BCUT2D eigenvalue weighted by Crippen LogP contribution is -2.46. The topological polar surface area (TPSA) is 77.0 Å². The van der Waals surface area contributed by atoms with Crippen LogP contribution >= 0.6 is 12.2 Å². The standard InChI is InChI=1S/C16H13FN4OS/c17-14-7-3-12(4-8-14)10-19-16(23)21-20-15(22)13-5-1-11(9-18)2-6-13/h1-8H,10H2,(H,20,22)(H2,19,21,23). The smallest absolute Gasteiger partial charge is 0.269 e. The van der Waals surface area contributed by atoms with Gasteiger partial charge in [0.05, 0.1) is 11.6 Å². The van der Waals surface area contributed by atoms with E-state index in [1.807, 2.05) is 6.07 Å². The first kappa shape index (κ1) is 16.4. The molecule has 0 aromatic heterocycles. The number of benzene rings is 2. The second-order valence-electron chi connectivity index (χ2n) is 4.58. The van der Waals surface area contributed by atoms with Crippen molar-refractivity contribution < 1.29 is 9.18 Å². The van der Waals surface area contributed by atoms with Crippen LogP contribution in [0, 0.1) is 17.1 Å². The monoisotopic (exact) mass is 328 g/mol. The third-order valence-corrected chi connectivity index (χ3v) is 3.18. The number of carbonyl (C=O) groups is 1. The summed E-state index contributed by atoms with van der Waals surface area (Å²) in [5.41, 5.74) is 6.75. The minimum absolute atomic E-state index is 0.233. The summed E-state index contributed by atoms with van der Waals surface area (Å²) in [4.78, 5) is 11.9. The van der Waals surface area contributed by atoms with Gasteiger partial charge >= 0.3 is 0 Å². The largest absolute Gasteiger partial charge is 0.357 e. The normalized spacial score (nSPS) is 9.57. The second-order valence-corrected chi connectivity index (χ2v) is 4.99. The molecule has 23 heavy (non-hydrogen) atoms. The number of nitriles is 1. The number of nitrogens with one attached hydrogen (secondary N) is 3. The minimum atomic E-state index is -0.375. The zero-order chi connectivity index (χ0) is 16.7. The first-order valence-corrected chi connectivity index (χ1v) is 7.08. The quantitative estimate of drug-likeness (QED) is 0.593. The molecule has 2 rings (SSSR count). The number of nitrogens with zero attached hydrogens (tertiary/aromatic N) is 1. The van der Waals surface area contributed by atoms with E-state index in [0.717, 1.165) is 5.56 Å². The fourth-order valence-corrected chi connectivity index (χ4v) is 1.83. The summed E-state index contributed by atoms with van der Waals surface area (Å²) in [5.74, 6) is -0.676. The lowest BCUT2D eigenvalue weighted by molar-refractivity contribution is 0.0943. The van der Waals surface area contributed by atoms with Crippen molar-refractivity contribution in [3.8, 4) is 6.07 Å². The summed E-state index contributed by atoms with van der Waals surface area (Å²) in [6.45, 7) is 0.402. The van der Waals surface area contributed by atoms with Crippen molar-refractivity contribution in [2.24, 2.45) is 0 Å². The Morgan fingerprint density at radius 2 is 1.74 bits per heavy atom. The van der Waals surface area contributed by atoms with E-state index in [1.165, 1.54) is 12.1 Å². The van der Waals surface area contributed by atoms with E-state index < -0.39 is 0 Å². The van der Waals surface area contributed by atoms with Crippen LogP contribution in [-0.4, -0.2) is 11.0 Å². The number of hydrazine groups is 1. The van der Waals surface area contributed by atoms with Gasteiger partial charge in [0.2, 0.25) is 0 Å². The molecule has 0 spiro atoms. The number of thiocarbonyl (C=S) groups is 1. The number of rotatable bonds is 3. The van der Waals surface area contributed by atoms with Gasteiger partial charge in [-0.3, -0.25) is 15.6 Å². The maximum atomic E-state index is 12.8. The summed E-state index contributed by atoms with van der Waals surface area (Å²) < 4.78 is 12.8. The average molecular weight is 328 g/mol. The van der Waals surface area contributed by atoms with Gasteiger partial charge in [-0.2, -0.15) is 5.26 Å². The number of hydrogen-bond acceptors (Lipinski definition) is 3. The van der Waals surface area contributed by atoms with Crippen LogP contribution in [0.2, 0.25) is 0 Å². The predicted octanol–water partition coefficient (Wildman–Crippen LogP) is 2.01. The molecule has 0 atom stereocenters. The lowest BCUT2D eigenvalue weighted by atomic mass is 10.1. The lowest BCUT2D eigenvalue weighted by Gasteiger charge is -2.11. The number of hydrogen-bond donors (Lipinski definition) is 3. The van der Waals surface area contributed by atoms with Crippen LogP contribution in [0.5, 0.6) is 0 Å². The molecule has 0 aliphatic carbocycles. The fourth-order valence-electron chi connectivity index (χ4n) is 1.71. The Hall–Kier alpha value is -2.98. The van der Waals surface area contributed by atoms with Crippen LogP contribution in [0.1, 0.15) is 21.5 Å². The molecule has 0 unspecified atom stereocenters. The molecular weight excluding hydrogens is 315 g/mol. The summed E-state index contributed by atoms with van der Waals surface area (Å²) in [5, 5.41) is 11.8. The molecule has 3 N–H and O–H groups in total. The minimum Gasteiger partial charge on any atom is -0.357 e. The number of halogens is 1. The molecule has 0 saturated heterocycles. The Morgan fingerprint density at radius 1 is 1.09 bits per heavy atom. The molecule has 2 aromatic carbocycles. The highest BCUT2D eigenvalue weighted by Crippen LogP contribution is 2.03. The highest BCUT2D eigenvalue weighted by Gasteiger charge is 2.05. The Kier molecular flexibility index (Phi) is 5.61. The van der Waals surface area contributed by atoms with Crippen molar-refractivity contribution in [3.05, 3.63) is 71.0 Å². The third kappa shape index (κ3) is 5.05. The SMILES string of the molecule is N#Cc1ccc(C(=O)NNC(=S)NCc2ccc(F)cc2)cc1. The molecule has 7 heteroatoms. The second kappa shape index (κ2) is 7.87. The van der Waals surface area contributed by atoms with Crippen LogP contribution in [0.25, 0.3) is 0 Å². The van der Waals surface area contributed by atoms with E-state index in [1.54, 1.807) is 36.4 Å². The van der Waals surface area contributed by atoms with Gasteiger partial charge in [0.25, 0.3) is 5.91 Å². The van der Waals surface area contributed by atoms with Crippen molar-refractivity contribution in [1.29, 1.82) is 5.26 Å². The Bertz CT molecular complexity index is 738. The summed E-state index contributed by atoms with van der Waals surface area (Å²) in [6, 6.07) is 14.2. The summed E-state index contributed by atoms with van der Waals surface area (Å²) in [6.07, 6.45) is 0. The van der Waals surface area contributed by atoms with Gasteiger partial charge < -0.3 is 5.32 Å². The molecule has 0 fully saturated rings. The first-order chi connectivity index (χ1) is 11.1. The van der Waals surface area contributed by atoms with Crippen molar-refractivity contribution in [3.63, 3.8) is 0 Å². The van der Waals surface area contributed by atoms with Crippen molar-refractivity contribution in [1.82, 2.24) is 16.2 Å². The van der Waals surface area contributed by atoms with Gasteiger partial charge in [-0.1, -0.05) is 12.1 Å². The first-order valence-electron chi connectivity index (χ1n) is 6.67. The van der Waals surface area contributed by atoms with Crippen LogP contribution in [0.15, 0.2) is 48.5 Å². The summed E-state index contributed by atoms with van der Waals surface area (Å²) in [7, 11) is 0. The van der Waals surface area contributed by atoms with Crippen molar-refractivity contribution in [2.45, 2.75) is 6.54 Å². The third-order valence-electron chi connectivity index (χ3n) is 2.93. The van der Waals surface area contributed by atoms with Gasteiger partial charge in [-0.25, -0.2) is 4.39 Å². The van der Waals surface area contributed by atoms with Gasteiger partial charge in [0.15, 0.2) is 5.11 Å². The maximum Gasteiger partial charge on any atom is 0.269 e. The van der Waals surface area contributed by atoms with Crippen LogP contribution in [0.4, 0.5) is 4.39 Å². The molecule has 0 aliphatic heterocycles. The number of carbonyl (C=O) groups excluding carboxylic acids is 1. The summed E-state index contributed by atoms with van der Waals surface area (Å²) >= 11 is 5.03. The Labute approximate surface area is 138 Å². The van der Waals surface area contributed by atoms with E-state index in [-0.39, 0.29) is 16.8 Å². The molecule has 5 nitrogen and oxygen atoms in total. The maximum absolute atomic E-state index is 12.8. The van der Waals surface area contributed by atoms with E-state index >= 15 is 0 Å². The molecular formula is C16H13FN4OS. The molecule has 2 aromatic rings. The fraction of sp³-hybridized carbons (Fsp3) is 0.0625. The molecule has 0 saturated carbocycles. The number of amides is 1. The van der Waals surface area contributed by atoms with Gasteiger partial charge in [0, 0.05) is 12.1 Å². The van der Waals surface area contributed by atoms with Crippen LogP contribution < -0.4 is 16.2 Å². The molecule has 1 amide bonds. The highest BCUT2D eigenvalue weighted by molar-refractivity contribution is 7.80. The van der Waals surface area contributed by atoms with E-state index in [2.05, 4.69) is 16.2 Å². The van der Waals surface area contributed by atoms with E-state index in [4.69, 9.17) is 17.5 Å². The van der Waals surface area contributed by atoms with E-state index in [0.29, 0.717) is 17.7 Å². The Morgan fingerprint density at radius 3 is 2.35 bits per heavy atom. The molecule has 0 bridgehead atoms. The highest BCUT2D eigenvalue weighted by atomic mass is 32.1. The van der Waals surface area contributed by atoms with E-state index in [9.17, 15) is 9.18 Å². The van der Waals surface area contributed by atoms with Crippen molar-refractivity contribution in [2.75, 3.05) is 0 Å². The molecule has 0 aliphatic rings. The molecule has 116 valence electrons. The zero-order valence-corrected chi connectivity index (χ0v) is 12.8. The van der Waals surface area contributed by atoms with Crippen LogP contribution in [0.3, 0.4) is 0 Å².